The topological polar surface area (TPSA) is 108 Å². The van der Waals surface area contributed by atoms with Crippen LogP contribution in [0.3, 0.4) is 0 Å². The lowest BCUT2D eigenvalue weighted by atomic mass is 9.92. The summed E-state index contributed by atoms with van der Waals surface area (Å²) in [6.45, 7) is 15.2. The van der Waals surface area contributed by atoms with Gasteiger partial charge in [0.1, 0.15) is 41.1 Å². The van der Waals surface area contributed by atoms with Crippen LogP contribution < -0.4 is 10.6 Å². The van der Waals surface area contributed by atoms with Crippen molar-refractivity contribution in [2.75, 3.05) is 17.2 Å². The Bertz CT molecular complexity index is 1230. The summed E-state index contributed by atoms with van der Waals surface area (Å²) in [7, 11) is 0. The van der Waals surface area contributed by atoms with Gasteiger partial charge in [-0.05, 0) is 67.5 Å². The maximum atomic E-state index is 12.7. The fraction of sp³-hybridized carbons (Fsp3) is 0.533. The van der Waals surface area contributed by atoms with Crippen molar-refractivity contribution in [2.24, 2.45) is 0 Å². The summed E-state index contributed by atoms with van der Waals surface area (Å²) in [6, 6.07) is 15.0. The fourth-order valence-corrected chi connectivity index (χ4v) is 5.67. The van der Waals surface area contributed by atoms with Crippen molar-refractivity contribution in [3.63, 3.8) is 0 Å². The van der Waals surface area contributed by atoms with Gasteiger partial charge in [-0.2, -0.15) is 0 Å². The van der Waals surface area contributed by atoms with E-state index in [0.717, 1.165) is 11.1 Å². The predicted octanol–water partition coefficient (Wildman–Crippen LogP) is 5.88. The molecule has 5 atom stereocenters. The number of anilines is 2. The van der Waals surface area contributed by atoms with Crippen molar-refractivity contribution >= 4 is 23.6 Å². The second-order valence-electron chi connectivity index (χ2n) is 12.7. The monoisotopic (exact) mass is 553 g/mol. The highest BCUT2D eigenvalue weighted by molar-refractivity contribution is 5.87. The van der Waals surface area contributed by atoms with Crippen molar-refractivity contribution in [1.29, 1.82) is 0 Å². The lowest BCUT2D eigenvalue weighted by Crippen LogP contribution is -2.41. The minimum absolute atomic E-state index is 0.346. The van der Waals surface area contributed by atoms with E-state index in [2.05, 4.69) is 15.5 Å². The molecule has 2 amide bonds. The number of para-hydroxylation sites is 2. The van der Waals surface area contributed by atoms with Crippen LogP contribution in [0, 0.1) is 0 Å². The molecule has 3 aliphatic rings. The largest absolute Gasteiger partial charge is 0.444 e. The van der Waals surface area contributed by atoms with Crippen molar-refractivity contribution in [3.8, 4) is 0 Å². The Morgan fingerprint density at radius 2 is 1.23 bits per heavy atom. The first-order valence-corrected chi connectivity index (χ1v) is 13.5. The molecule has 3 fully saturated rings. The summed E-state index contributed by atoms with van der Waals surface area (Å²) < 4.78 is 30.7. The molecule has 3 saturated heterocycles. The number of amides is 2. The number of ether oxygens (including phenoxy) is 5. The summed E-state index contributed by atoms with van der Waals surface area (Å²) in [5.74, 6) is 0. The van der Waals surface area contributed by atoms with Gasteiger partial charge in [-0.1, -0.05) is 36.4 Å². The molecule has 0 radical (unpaired) electrons. The Balaban J connectivity index is 1.47. The fourth-order valence-electron chi connectivity index (χ4n) is 5.67. The normalized spacial score (nSPS) is 29.6. The third-order valence-electron chi connectivity index (χ3n) is 7.15. The van der Waals surface area contributed by atoms with Gasteiger partial charge in [0, 0.05) is 11.1 Å². The number of hydrogen-bond donors (Lipinski definition) is 2. The van der Waals surface area contributed by atoms with Crippen LogP contribution in [0.1, 0.15) is 66.5 Å². The first-order chi connectivity index (χ1) is 18.6. The summed E-state index contributed by atoms with van der Waals surface area (Å²) in [5.41, 5.74) is -0.544. The molecule has 10 heteroatoms. The van der Waals surface area contributed by atoms with E-state index in [1.54, 1.807) is 0 Å². The molecule has 0 bridgehead atoms. The number of nitrogens with zero attached hydrogens (tertiary/aromatic N) is 1. The number of carbonyl (C=O) groups excluding carboxylic acids is 2. The molecule has 2 aromatic rings. The molecule has 0 saturated carbocycles. The van der Waals surface area contributed by atoms with Crippen molar-refractivity contribution < 1.29 is 33.3 Å². The van der Waals surface area contributed by atoms with Crippen LogP contribution in [0.5, 0.6) is 0 Å². The minimum atomic E-state index is -0.955. The maximum Gasteiger partial charge on any atom is 0.412 e. The highest BCUT2D eigenvalue weighted by Crippen LogP contribution is 2.57. The third-order valence-corrected chi connectivity index (χ3v) is 7.15. The summed E-state index contributed by atoms with van der Waals surface area (Å²) >= 11 is 0. The van der Waals surface area contributed by atoms with E-state index in [9.17, 15) is 9.59 Å². The zero-order valence-corrected chi connectivity index (χ0v) is 24.4. The molecule has 40 heavy (non-hydrogen) atoms. The van der Waals surface area contributed by atoms with Crippen LogP contribution in [0.25, 0.3) is 0 Å². The van der Waals surface area contributed by atoms with Gasteiger partial charge >= 0.3 is 12.2 Å². The zero-order valence-electron chi connectivity index (χ0n) is 24.4. The molecule has 0 aliphatic carbocycles. The van der Waals surface area contributed by atoms with Gasteiger partial charge in [0.25, 0.3) is 0 Å². The first kappa shape index (κ1) is 28.4. The van der Waals surface area contributed by atoms with Crippen LogP contribution >= 0.6 is 0 Å². The average Bonchev–Trinajstić information content (AvgIpc) is 3.45. The highest BCUT2D eigenvalue weighted by atomic mass is 16.7. The van der Waals surface area contributed by atoms with Crippen LogP contribution in [-0.4, -0.2) is 53.6 Å². The van der Waals surface area contributed by atoms with Gasteiger partial charge in [0.2, 0.25) is 0 Å². The number of rotatable bonds is 4. The molecule has 10 nitrogen and oxygen atoms in total. The Morgan fingerprint density at radius 1 is 0.775 bits per heavy atom. The quantitative estimate of drug-likeness (QED) is 0.483. The molecule has 5 rings (SSSR count). The van der Waals surface area contributed by atoms with E-state index < -0.39 is 47.0 Å². The standard InChI is InChI=1S/C30H39N3O7/c1-27(2,3)39-25(34)31-20-15-11-9-13-18(20)29(7)23-33-22(17-36-23)37-30(8,24(33)38-29)19-14-10-12-16-21(19)32-26(35)40-28(4,5)6/h9-16,22-24H,17H2,1-8H3,(H,31,34)(H,32,35)/t22-,23-,24-,29+,30-/m0/s1. The molecular weight excluding hydrogens is 514 g/mol. The first-order valence-electron chi connectivity index (χ1n) is 13.5. The zero-order chi connectivity index (χ0) is 29.1. The van der Waals surface area contributed by atoms with E-state index in [1.165, 1.54) is 0 Å². The third kappa shape index (κ3) is 5.16. The summed E-state index contributed by atoms with van der Waals surface area (Å²) in [5, 5.41) is 5.77. The number of carbonyl (C=O) groups is 2. The van der Waals surface area contributed by atoms with E-state index in [-0.39, 0.29) is 6.23 Å². The highest BCUT2D eigenvalue weighted by Gasteiger charge is 2.69. The molecule has 2 aromatic carbocycles. The van der Waals surface area contributed by atoms with Crippen molar-refractivity contribution in [1.82, 2.24) is 4.90 Å². The maximum absolute atomic E-state index is 12.7. The van der Waals surface area contributed by atoms with E-state index in [4.69, 9.17) is 23.7 Å². The number of hydrogen-bond acceptors (Lipinski definition) is 8. The molecule has 0 unspecified atom stereocenters. The lowest BCUT2D eigenvalue weighted by Gasteiger charge is -2.34. The van der Waals surface area contributed by atoms with Crippen LogP contribution in [0.15, 0.2) is 48.5 Å². The number of benzene rings is 2. The molecule has 3 heterocycles. The number of nitrogens with one attached hydrogen (secondary N) is 2. The van der Waals surface area contributed by atoms with Crippen LogP contribution in [0.2, 0.25) is 0 Å². The van der Waals surface area contributed by atoms with Crippen molar-refractivity contribution in [2.45, 2.75) is 96.5 Å². The van der Waals surface area contributed by atoms with Gasteiger partial charge in [0.05, 0.1) is 18.0 Å². The predicted molar refractivity (Wildman–Crippen MR) is 149 cm³/mol. The van der Waals surface area contributed by atoms with Crippen molar-refractivity contribution in [3.05, 3.63) is 59.7 Å². The van der Waals surface area contributed by atoms with E-state index in [0.29, 0.717) is 18.0 Å². The Labute approximate surface area is 235 Å². The van der Waals surface area contributed by atoms with Gasteiger partial charge in [-0.25, -0.2) is 14.5 Å². The molecular formula is C30H39N3O7. The second-order valence-corrected chi connectivity index (χ2v) is 12.7. The summed E-state index contributed by atoms with van der Waals surface area (Å²) in [6.07, 6.45) is -2.49. The molecule has 2 N–H and O–H groups in total. The van der Waals surface area contributed by atoms with Crippen LogP contribution in [-0.2, 0) is 34.9 Å². The Morgan fingerprint density at radius 3 is 1.70 bits per heavy atom. The smallest absolute Gasteiger partial charge is 0.412 e. The van der Waals surface area contributed by atoms with Crippen LogP contribution in [0.4, 0.5) is 21.0 Å². The lowest BCUT2D eigenvalue weighted by molar-refractivity contribution is -0.137. The van der Waals surface area contributed by atoms with E-state index in [1.807, 2.05) is 104 Å². The average molecular weight is 554 g/mol. The van der Waals surface area contributed by atoms with Gasteiger partial charge in [-0.15, -0.1) is 0 Å². The minimum Gasteiger partial charge on any atom is -0.444 e. The van der Waals surface area contributed by atoms with E-state index >= 15 is 0 Å². The van der Waals surface area contributed by atoms with Gasteiger partial charge < -0.3 is 23.7 Å². The Kier molecular flexibility index (Phi) is 6.89. The molecule has 216 valence electrons. The van der Waals surface area contributed by atoms with Gasteiger partial charge in [-0.3, -0.25) is 10.6 Å². The summed E-state index contributed by atoms with van der Waals surface area (Å²) in [4.78, 5) is 27.4. The molecule has 0 aromatic heterocycles. The molecule has 0 spiro atoms. The Hall–Kier alpha value is -3.18. The SMILES string of the molecule is CC(C)(C)OC(=O)Nc1ccccc1[C@]1(C)O[C@H]2CO[C@@H]3N2[C@H]1O[C@]3(C)c1ccccc1NC(=O)OC(C)(C)C. The van der Waals surface area contributed by atoms with Gasteiger partial charge in [0.15, 0.2) is 0 Å². The second kappa shape index (κ2) is 9.73. The molecule has 3 aliphatic heterocycles.